The smallest absolute Gasteiger partial charge is 0.404 e. The van der Waals surface area contributed by atoms with Crippen LogP contribution in [0.2, 0.25) is 0 Å². The quantitative estimate of drug-likeness (QED) is 0.104. The number of aromatic nitrogens is 4. The van der Waals surface area contributed by atoms with Crippen LogP contribution in [0.1, 0.15) is 101 Å². The van der Waals surface area contributed by atoms with Gasteiger partial charge in [-0.15, -0.1) is 0 Å². The summed E-state index contributed by atoms with van der Waals surface area (Å²) in [5, 5.41) is 23.2. The second kappa shape index (κ2) is 16.2. The molecule has 56 heavy (non-hydrogen) atoms. The van der Waals surface area contributed by atoms with Crippen molar-refractivity contribution in [1.82, 2.24) is 40.4 Å². The van der Waals surface area contributed by atoms with Crippen molar-refractivity contribution in [2.24, 2.45) is 11.8 Å². The normalized spacial score (nSPS) is 25.2. The number of carboxylic acid groups (broad SMARTS) is 2. The van der Waals surface area contributed by atoms with Crippen molar-refractivity contribution in [3.05, 3.63) is 72.6 Å². The van der Waals surface area contributed by atoms with Crippen molar-refractivity contribution in [3.63, 3.8) is 0 Å². The molecule has 6 N–H and O–H groups in total. The number of nitrogens with zero attached hydrogens (tertiary/aromatic N) is 4. The van der Waals surface area contributed by atoms with Crippen LogP contribution >= 0.6 is 0 Å². The molecule has 8 rings (SSSR count). The van der Waals surface area contributed by atoms with E-state index in [-0.39, 0.29) is 47.8 Å². The molecule has 2 saturated heterocycles. The summed E-state index contributed by atoms with van der Waals surface area (Å²) in [6.45, 7) is 1.42. The van der Waals surface area contributed by atoms with Gasteiger partial charge < -0.3 is 40.6 Å². The molecule has 14 nitrogen and oxygen atoms in total. The van der Waals surface area contributed by atoms with Gasteiger partial charge in [0.2, 0.25) is 11.8 Å². The molecule has 0 bridgehead atoms. The summed E-state index contributed by atoms with van der Waals surface area (Å²) in [6.07, 6.45) is 10.8. The van der Waals surface area contributed by atoms with Crippen LogP contribution in [-0.2, 0) is 9.59 Å². The Kier molecular flexibility index (Phi) is 10.8. The topological polar surface area (TPSA) is 197 Å². The van der Waals surface area contributed by atoms with E-state index in [2.05, 4.69) is 69.1 Å². The van der Waals surface area contributed by atoms with Crippen LogP contribution in [0.4, 0.5) is 9.59 Å². The molecule has 2 aromatic heterocycles. The maximum Gasteiger partial charge on any atom is 0.404 e. The van der Waals surface area contributed by atoms with E-state index in [0.717, 1.165) is 71.0 Å². The van der Waals surface area contributed by atoms with Gasteiger partial charge in [-0.2, -0.15) is 0 Å². The summed E-state index contributed by atoms with van der Waals surface area (Å²) in [5.41, 5.74) is 5.99. The number of likely N-dealkylation sites (tertiary alicyclic amines) is 2. The van der Waals surface area contributed by atoms with Crippen molar-refractivity contribution in [2.45, 2.75) is 101 Å². The monoisotopic (exact) mass is 762 g/mol. The van der Waals surface area contributed by atoms with Gasteiger partial charge in [-0.25, -0.2) is 19.6 Å². The summed E-state index contributed by atoms with van der Waals surface area (Å²) in [6, 6.07) is 16.4. The maximum atomic E-state index is 13.5. The third-order valence-electron chi connectivity index (χ3n) is 12.4. The van der Waals surface area contributed by atoms with Gasteiger partial charge >= 0.3 is 12.2 Å². The van der Waals surface area contributed by atoms with Crippen LogP contribution in [0.25, 0.3) is 33.6 Å². The standard InChI is InChI=1S/C42H50N8O6/c51-39(29-13-17-31(18-14-29)45-41(53)54)49-21-1-3-35(49)37-43-23-33(47-37)27-9-5-25(6-10-27)26-7-11-28(12-8-26)34-24-44-38(48-34)36-4-2-22-50(36)40(52)30-15-19-32(20-16-30)46-42(55)56/h5-12,23-24,29-32,35-36,45-46H,1-4,13-22H2,(H,43,47)(H,44,48)(H,53,54)(H,55,56)/t29-,30-,31-,32-,35-,36-/m0/s1. The minimum Gasteiger partial charge on any atom is -0.465 e. The molecule has 14 heteroatoms. The number of benzene rings is 2. The molecule has 2 saturated carbocycles. The van der Waals surface area contributed by atoms with Crippen molar-refractivity contribution < 1.29 is 29.4 Å². The van der Waals surface area contributed by atoms with Crippen molar-refractivity contribution in [1.29, 1.82) is 0 Å². The fourth-order valence-corrected chi connectivity index (χ4v) is 9.41. The summed E-state index contributed by atoms with van der Waals surface area (Å²) in [7, 11) is 0. The number of rotatable bonds is 9. The molecule has 4 heterocycles. The lowest BCUT2D eigenvalue weighted by Gasteiger charge is -2.32. The Hall–Kier alpha value is -5.66. The molecule has 0 radical (unpaired) electrons. The van der Waals surface area contributed by atoms with E-state index in [0.29, 0.717) is 64.5 Å². The van der Waals surface area contributed by atoms with Gasteiger partial charge in [0.05, 0.1) is 35.9 Å². The van der Waals surface area contributed by atoms with Gasteiger partial charge in [0.25, 0.3) is 0 Å². The Morgan fingerprint density at radius 2 is 0.893 bits per heavy atom. The Balaban J connectivity index is 0.870. The van der Waals surface area contributed by atoms with Gasteiger partial charge in [0.1, 0.15) is 11.6 Å². The van der Waals surface area contributed by atoms with E-state index < -0.39 is 12.2 Å². The molecule has 2 aliphatic carbocycles. The summed E-state index contributed by atoms with van der Waals surface area (Å²) < 4.78 is 0. The molecule has 4 aromatic rings. The second-order valence-electron chi connectivity index (χ2n) is 15.9. The van der Waals surface area contributed by atoms with Crippen LogP contribution in [0, 0.1) is 11.8 Å². The number of H-pyrrole nitrogens is 2. The van der Waals surface area contributed by atoms with E-state index >= 15 is 0 Å². The van der Waals surface area contributed by atoms with Gasteiger partial charge in [0.15, 0.2) is 0 Å². The molecule has 294 valence electrons. The zero-order chi connectivity index (χ0) is 38.8. The molecule has 4 aliphatic rings. The summed E-state index contributed by atoms with van der Waals surface area (Å²) >= 11 is 0. The van der Waals surface area contributed by atoms with Crippen LogP contribution in [0.15, 0.2) is 60.9 Å². The zero-order valence-electron chi connectivity index (χ0n) is 31.5. The van der Waals surface area contributed by atoms with Crippen molar-refractivity contribution in [3.8, 4) is 33.6 Å². The molecular formula is C42H50N8O6. The zero-order valence-corrected chi connectivity index (χ0v) is 31.5. The van der Waals surface area contributed by atoms with Crippen molar-refractivity contribution >= 4 is 24.0 Å². The minimum absolute atomic E-state index is 0.0789. The number of hydrogen-bond donors (Lipinski definition) is 6. The lowest BCUT2D eigenvalue weighted by molar-refractivity contribution is -0.138. The number of carbonyl (C=O) groups is 4. The number of imidazole rings is 2. The molecular weight excluding hydrogens is 713 g/mol. The summed E-state index contributed by atoms with van der Waals surface area (Å²) in [5.74, 6) is 1.75. The molecule has 2 atom stereocenters. The fourth-order valence-electron chi connectivity index (χ4n) is 9.41. The van der Waals surface area contributed by atoms with Gasteiger partial charge in [-0.3, -0.25) is 9.59 Å². The fraction of sp³-hybridized carbons (Fsp3) is 0.476. The largest absolute Gasteiger partial charge is 0.465 e. The van der Waals surface area contributed by atoms with Gasteiger partial charge in [0, 0.05) is 37.0 Å². The van der Waals surface area contributed by atoms with E-state index in [4.69, 9.17) is 20.2 Å². The Labute approximate surface area is 325 Å². The average Bonchev–Trinajstić information content (AvgIpc) is 4.05. The molecule has 4 amide bonds. The third kappa shape index (κ3) is 8.00. The second-order valence-corrected chi connectivity index (χ2v) is 15.9. The van der Waals surface area contributed by atoms with Crippen molar-refractivity contribution in [2.75, 3.05) is 13.1 Å². The van der Waals surface area contributed by atoms with Crippen LogP contribution in [0.3, 0.4) is 0 Å². The first-order valence-corrected chi connectivity index (χ1v) is 20.1. The predicted molar refractivity (Wildman–Crippen MR) is 208 cm³/mol. The number of aromatic amines is 2. The predicted octanol–water partition coefficient (Wildman–Crippen LogP) is 7.11. The molecule has 0 spiro atoms. The molecule has 2 aromatic carbocycles. The SMILES string of the molecule is O=C(O)N[C@H]1CC[C@H](C(=O)N2CCC[C@H]2c2ncc(-c3ccc(-c4ccc(-c5cnc([C@@H]6CCCN6C(=O)[C@H]6CC[C@H](NC(=O)O)CC6)[nH]5)cc4)cc3)[nH]2)CC1. The number of nitrogens with one attached hydrogen (secondary N) is 4. The first kappa shape index (κ1) is 37.3. The Morgan fingerprint density at radius 1 is 0.536 bits per heavy atom. The number of amides is 4. The average molecular weight is 763 g/mol. The Bertz CT molecular complexity index is 1880. The van der Waals surface area contributed by atoms with E-state index in [1.807, 2.05) is 22.2 Å². The van der Waals surface area contributed by atoms with Crippen LogP contribution < -0.4 is 10.6 Å². The first-order valence-electron chi connectivity index (χ1n) is 20.1. The third-order valence-corrected chi connectivity index (χ3v) is 12.4. The molecule has 2 aliphatic heterocycles. The lowest BCUT2D eigenvalue weighted by atomic mass is 9.85. The highest BCUT2D eigenvalue weighted by Crippen LogP contribution is 2.38. The van der Waals surface area contributed by atoms with E-state index in [1.165, 1.54) is 0 Å². The lowest BCUT2D eigenvalue weighted by Crippen LogP contribution is -2.41. The highest BCUT2D eigenvalue weighted by Gasteiger charge is 2.39. The maximum absolute atomic E-state index is 13.5. The summed E-state index contributed by atoms with van der Waals surface area (Å²) in [4.78, 5) is 69.5. The van der Waals surface area contributed by atoms with E-state index in [9.17, 15) is 19.2 Å². The molecule has 4 fully saturated rings. The van der Waals surface area contributed by atoms with Gasteiger partial charge in [-0.1, -0.05) is 48.5 Å². The number of carbonyl (C=O) groups excluding carboxylic acids is 2. The highest BCUT2D eigenvalue weighted by atomic mass is 16.4. The molecule has 0 unspecified atom stereocenters. The van der Waals surface area contributed by atoms with E-state index in [1.54, 1.807) is 0 Å². The van der Waals surface area contributed by atoms with Crippen LogP contribution in [-0.4, -0.2) is 89.1 Å². The van der Waals surface area contributed by atoms with Crippen LogP contribution in [0.5, 0.6) is 0 Å². The highest BCUT2D eigenvalue weighted by molar-refractivity contribution is 5.80. The minimum atomic E-state index is -1.01. The Morgan fingerprint density at radius 3 is 1.25 bits per heavy atom. The first-order chi connectivity index (χ1) is 27.2. The number of hydrogen-bond acceptors (Lipinski definition) is 6. The van der Waals surface area contributed by atoms with Gasteiger partial charge in [-0.05, 0) is 99.3 Å².